The molecule has 0 aromatic carbocycles. The predicted molar refractivity (Wildman–Crippen MR) is 113 cm³/mol. The van der Waals surface area contributed by atoms with Gasteiger partial charge in [0.1, 0.15) is 12.3 Å². The quantitative estimate of drug-likeness (QED) is 0.456. The smallest absolute Gasteiger partial charge is 0.330 e. The van der Waals surface area contributed by atoms with Crippen molar-refractivity contribution >= 4 is 5.91 Å². The maximum absolute atomic E-state index is 12.6. The molecule has 11 heteroatoms. The molecule has 1 amide bonds. The third-order valence-corrected chi connectivity index (χ3v) is 6.31. The van der Waals surface area contributed by atoms with E-state index in [1.165, 1.54) is 10.8 Å². The molecule has 4 N–H and O–H groups in total. The first-order chi connectivity index (χ1) is 14.8. The number of aliphatic hydroxyl groups is 2. The van der Waals surface area contributed by atoms with Crippen LogP contribution in [-0.4, -0.2) is 66.7 Å². The summed E-state index contributed by atoms with van der Waals surface area (Å²) in [5.74, 6) is -0.244. The van der Waals surface area contributed by atoms with E-state index in [1.807, 2.05) is 27.7 Å². The number of aromatic nitrogens is 2. The molecule has 0 aliphatic carbocycles. The van der Waals surface area contributed by atoms with Gasteiger partial charge in [-0.15, -0.1) is 10.3 Å². The lowest BCUT2D eigenvalue weighted by molar-refractivity contribution is -0.290. The van der Waals surface area contributed by atoms with Crippen molar-refractivity contribution in [2.24, 2.45) is 0 Å². The van der Waals surface area contributed by atoms with E-state index in [9.17, 15) is 29.8 Å². The minimum absolute atomic E-state index is 0.0349. The molecule has 3 heterocycles. The van der Waals surface area contributed by atoms with Gasteiger partial charge in [0.05, 0.1) is 12.7 Å². The second-order valence-electron chi connectivity index (χ2n) is 10.0. The number of nitrogens with one attached hydrogen (secondary N) is 2. The van der Waals surface area contributed by atoms with Crippen molar-refractivity contribution in [2.75, 3.05) is 6.61 Å². The van der Waals surface area contributed by atoms with Gasteiger partial charge in [-0.2, -0.15) is 0 Å². The van der Waals surface area contributed by atoms with Gasteiger partial charge in [-0.25, -0.2) is 4.79 Å². The predicted octanol–water partition coefficient (Wildman–Crippen LogP) is -0.407. The normalized spacial score (nSPS) is 28.0. The van der Waals surface area contributed by atoms with E-state index in [0.717, 1.165) is 5.06 Å². The Morgan fingerprint density at radius 3 is 2.44 bits per heavy atom. The number of hydrogen-bond acceptors (Lipinski definition) is 7. The average molecular weight is 454 g/mol. The topological polar surface area (TPSA) is 157 Å². The van der Waals surface area contributed by atoms with Crippen LogP contribution in [0.2, 0.25) is 0 Å². The lowest BCUT2D eigenvalue weighted by Gasteiger charge is -2.50. The summed E-state index contributed by atoms with van der Waals surface area (Å²) >= 11 is 0. The Hall–Kier alpha value is -2.05. The van der Waals surface area contributed by atoms with Crippen LogP contribution < -0.4 is 16.6 Å². The molecular weight excluding hydrogens is 420 g/mol. The summed E-state index contributed by atoms with van der Waals surface area (Å²) < 4.78 is 6.66. The number of hydroxylamine groups is 2. The third-order valence-electron chi connectivity index (χ3n) is 6.31. The van der Waals surface area contributed by atoms with Gasteiger partial charge in [0.2, 0.25) is 5.91 Å². The van der Waals surface area contributed by atoms with Crippen molar-refractivity contribution in [1.82, 2.24) is 19.9 Å². The molecule has 0 saturated carbocycles. The SMILES string of the molecule is CC1(C)CC(NC(=O)CCc2cn([C@H]3C[C@H](O)[C@@H](CO)O3)c(=O)[nH]c2=O)CC(C)(C)N1[O]. The number of H-pyrrole nitrogens is 1. The van der Waals surface area contributed by atoms with Gasteiger partial charge in [0, 0.05) is 41.7 Å². The number of rotatable bonds is 6. The van der Waals surface area contributed by atoms with Crippen LogP contribution >= 0.6 is 0 Å². The van der Waals surface area contributed by atoms with E-state index in [1.54, 1.807) is 0 Å². The summed E-state index contributed by atoms with van der Waals surface area (Å²) in [4.78, 5) is 39.2. The molecule has 3 rings (SSSR count). The maximum atomic E-state index is 12.6. The molecule has 2 aliphatic rings. The zero-order chi connectivity index (χ0) is 23.8. The molecule has 0 spiro atoms. The third kappa shape index (κ3) is 5.12. The van der Waals surface area contributed by atoms with Gasteiger partial charge in [0.25, 0.3) is 5.56 Å². The van der Waals surface area contributed by atoms with Gasteiger partial charge in [-0.1, -0.05) is 0 Å². The molecule has 2 aliphatic heterocycles. The largest absolute Gasteiger partial charge is 0.394 e. The van der Waals surface area contributed by atoms with Crippen LogP contribution in [0.15, 0.2) is 15.8 Å². The van der Waals surface area contributed by atoms with Crippen LogP contribution in [0.3, 0.4) is 0 Å². The zero-order valence-electron chi connectivity index (χ0n) is 19.0. The van der Waals surface area contributed by atoms with Crippen molar-refractivity contribution in [3.8, 4) is 0 Å². The molecule has 1 radical (unpaired) electrons. The molecule has 2 fully saturated rings. The Kier molecular flexibility index (Phi) is 6.97. The van der Waals surface area contributed by atoms with Crippen molar-refractivity contribution in [3.63, 3.8) is 0 Å². The lowest BCUT2D eigenvalue weighted by atomic mass is 9.79. The zero-order valence-corrected chi connectivity index (χ0v) is 19.0. The second-order valence-corrected chi connectivity index (χ2v) is 10.0. The maximum Gasteiger partial charge on any atom is 0.330 e. The average Bonchev–Trinajstić information content (AvgIpc) is 3.05. The first-order valence-electron chi connectivity index (χ1n) is 10.9. The summed E-state index contributed by atoms with van der Waals surface area (Å²) in [5.41, 5.74) is -2.25. The molecule has 1 aromatic heterocycles. The number of ether oxygens (including phenoxy) is 1. The van der Waals surface area contributed by atoms with Gasteiger partial charge < -0.3 is 20.3 Å². The van der Waals surface area contributed by atoms with E-state index in [-0.39, 0.29) is 43.4 Å². The number of nitrogens with zero attached hydrogens (tertiary/aromatic N) is 2. The van der Waals surface area contributed by atoms with E-state index in [0.29, 0.717) is 12.8 Å². The summed E-state index contributed by atoms with van der Waals surface area (Å²) in [6.45, 7) is 7.03. The summed E-state index contributed by atoms with van der Waals surface area (Å²) in [5, 5.41) is 35.7. The van der Waals surface area contributed by atoms with Crippen LogP contribution in [0.5, 0.6) is 0 Å². The Balaban J connectivity index is 1.65. The molecular formula is C21H33N4O7. The first-order valence-corrected chi connectivity index (χ1v) is 10.9. The van der Waals surface area contributed by atoms with Crippen LogP contribution in [-0.2, 0) is 21.2 Å². The van der Waals surface area contributed by atoms with E-state index >= 15 is 0 Å². The molecule has 11 nitrogen and oxygen atoms in total. The van der Waals surface area contributed by atoms with Crippen LogP contribution in [0.4, 0.5) is 0 Å². The monoisotopic (exact) mass is 453 g/mol. The number of aromatic amines is 1. The molecule has 179 valence electrons. The number of carbonyl (C=O) groups excluding carboxylic acids is 1. The highest BCUT2D eigenvalue weighted by Gasteiger charge is 2.46. The molecule has 1 aromatic rings. The minimum Gasteiger partial charge on any atom is -0.394 e. The fraction of sp³-hybridized carbons (Fsp3) is 0.762. The lowest BCUT2D eigenvalue weighted by Crippen LogP contribution is -2.62. The van der Waals surface area contributed by atoms with Gasteiger partial charge in [0.15, 0.2) is 0 Å². The Labute approximate surface area is 186 Å². The Bertz CT molecular complexity index is 936. The highest BCUT2D eigenvalue weighted by atomic mass is 16.5. The molecule has 0 unspecified atom stereocenters. The summed E-state index contributed by atoms with van der Waals surface area (Å²) in [7, 11) is 0. The summed E-state index contributed by atoms with van der Waals surface area (Å²) in [6, 6.07) is -0.159. The highest BCUT2D eigenvalue weighted by molar-refractivity contribution is 5.76. The van der Waals surface area contributed by atoms with Gasteiger partial charge >= 0.3 is 5.69 Å². The first kappa shape index (κ1) is 24.6. The molecule has 3 atom stereocenters. The Morgan fingerprint density at radius 1 is 1.25 bits per heavy atom. The Morgan fingerprint density at radius 2 is 1.88 bits per heavy atom. The second kappa shape index (κ2) is 9.06. The van der Waals surface area contributed by atoms with E-state index in [2.05, 4.69) is 10.3 Å². The number of piperidine rings is 1. The fourth-order valence-electron chi connectivity index (χ4n) is 4.88. The van der Waals surface area contributed by atoms with Gasteiger partial charge in [-0.3, -0.25) is 19.1 Å². The van der Waals surface area contributed by atoms with Crippen molar-refractivity contribution < 1.29 is 25.0 Å². The van der Waals surface area contributed by atoms with E-state index in [4.69, 9.17) is 4.74 Å². The number of hydrogen-bond donors (Lipinski definition) is 4. The molecule has 0 bridgehead atoms. The number of carbonyl (C=O) groups is 1. The van der Waals surface area contributed by atoms with E-state index < -0.39 is 40.8 Å². The van der Waals surface area contributed by atoms with Crippen LogP contribution in [0.25, 0.3) is 0 Å². The standard InChI is InChI=1S/C21H33N4O7/c1-20(2)8-13(9-21(3,4)25(20)31)22-16(28)6-5-12-10-24(19(30)23-18(12)29)17-7-14(27)15(11-26)32-17/h10,13-15,17,26-27H,5-9,11H2,1-4H3,(H,22,28)(H,23,29,30)/t14-,15+,17+/m0/s1. The fourth-order valence-corrected chi connectivity index (χ4v) is 4.88. The minimum atomic E-state index is -0.924. The summed E-state index contributed by atoms with van der Waals surface area (Å²) in [6.07, 6.45) is 0.0691. The van der Waals surface area contributed by atoms with Crippen molar-refractivity contribution in [2.45, 2.75) is 95.4 Å². The van der Waals surface area contributed by atoms with Crippen LogP contribution in [0, 0.1) is 0 Å². The number of amides is 1. The van der Waals surface area contributed by atoms with Crippen LogP contribution in [0.1, 0.15) is 65.2 Å². The van der Waals surface area contributed by atoms with Gasteiger partial charge in [-0.05, 0) is 47.0 Å². The highest BCUT2D eigenvalue weighted by Crippen LogP contribution is 2.37. The molecule has 2 saturated heterocycles. The van der Waals surface area contributed by atoms with Crippen molar-refractivity contribution in [3.05, 3.63) is 32.6 Å². The molecule has 32 heavy (non-hydrogen) atoms. The van der Waals surface area contributed by atoms with Crippen molar-refractivity contribution in [1.29, 1.82) is 0 Å². The number of aryl methyl sites for hydroxylation is 1. The number of aliphatic hydroxyl groups excluding tert-OH is 2.